The van der Waals surface area contributed by atoms with Crippen LogP contribution in [0.15, 0.2) is 0 Å². The van der Waals surface area contributed by atoms with Gasteiger partial charge in [-0.1, -0.05) is 0 Å². The third kappa shape index (κ3) is 5.45. The summed E-state index contributed by atoms with van der Waals surface area (Å²) in [6, 6.07) is -0.291. The second-order valence-corrected chi connectivity index (χ2v) is 8.08. The van der Waals surface area contributed by atoms with Crippen LogP contribution in [-0.2, 0) is 19.9 Å². The molecular formula is C7H18N2O4S2. The number of hydrogen-bond acceptors (Lipinski definition) is 5. The van der Waals surface area contributed by atoms with Crippen molar-refractivity contribution in [1.82, 2.24) is 4.31 Å². The quantitative estimate of drug-likeness (QED) is 0.658. The number of hydrogen-bond donors (Lipinski definition) is 1. The van der Waals surface area contributed by atoms with Gasteiger partial charge < -0.3 is 5.73 Å². The van der Waals surface area contributed by atoms with Gasteiger partial charge in [-0.3, -0.25) is 0 Å². The largest absolute Gasteiger partial charge is 0.329 e. The average Bonchev–Trinajstić information content (AvgIpc) is 1.93. The van der Waals surface area contributed by atoms with E-state index in [0.29, 0.717) is 0 Å². The molecule has 0 aliphatic carbocycles. The van der Waals surface area contributed by atoms with E-state index >= 15 is 0 Å². The van der Waals surface area contributed by atoms with E-state index in [0.717, 1.165) is 10.6 Å². The van der Waals surface area contributed by atoms with Crippen LogP contribution in [0, 0.1) is 0 Å². The van der Waals surface area contributed by atoms with Crippen LogP contribution < -0.4 is 5.73 Å². The summed E-state index contributed by atoms with van der Waals surface area (Å²) in [5, 5.41) is -0.863. The van der Waals surface area contributed by atoms with Gasteiger partial charge in [0.2, 0.25) is 10.0 Å². The van der Waals surface area contributed by atoms with Gasteiger partial charge >= 0.3 is 0 Å². The average molecular weight is 258 g/mol. The van der Waals surface area contributed by atoms with Crippen LogP contribution in [0.3, 0.4) is 0 Å². The molecule has 0 aromatic heterocycles. The third-order valence-electron chi connectivity index (χ3n) is 1.65. The summed E-state index contributed by atoms with van der Waals surface area (Å²) in [5.41, 5.74) is 5.27. The van der Waals surface area contributed by atoms with Crippen LogP contribution in [-0.4, -0.2) is 51.6 Å². The zero-order chi connectivity index (χ0) is 12.3. The second kappa shape index (κ2) is 5.24. The molecule has 0 saturated carbocycles. The highest BCUT2D eigenvalue weighted by Crippen LogP contribution is 2.08. The van der Waals surface area contributed by atoms with Gasteiger partial charge in [0.25, 0.3) is 0 Å². The maximum absolute atomic E-state index is 11.7. The Hall–Kier alpha value is -0.180. The van der Waals surface area contributed by atoms with Gasteiger partial charge in [-0.15, -0.1) is 0 Å². The van der Waals surface area contributed by atoms with Crippen LogP contribution in [0.5, 0.6) is 0 Å². The van der Waals surface area contributed by atoms with Crippen LogP contribution in [0.4, 0.5) is 0 Å². The van der Waals surface area contributed by atoms with Gasteiger partial charge in [-0.2, -0.15) is 4.31 Å². The van der Waals surface area contributed by atoms with Crippen LogP contribution >= 0.6 is 0 Å². The Labute approximate surface area is 91.4 Å². The van der Waals surface area contributed by atoms with Gasteiger partial charge in [-0.05, 0) is 13.8 Å². The highest BCUT2D eigenvalue weighted by atomic mass is 32.3. The number of nitrogens with zero attached hydrogens (tertiary/aromatic N) is 1. The molecule has 0 spiro atoms. The summed E-state index contributed by atoms with van der Waals surface area (Å²) in [6.45, 7) is 3.65. The molecule has 0 amide bonds. The van der Waals surface area contributed by atoms with Crippen molar-refractivity contribution in [2.45, 2.75) is 19.9 Å². The minimum atomic E-state index is -3.78. The lowest BCUT2D eigenvalue weighted by atomic mass is 10.4. The monoisotopic (exact) mass is 258 g/mol. The van der Waals surface area contributed by atoms with Crippen molar-refractivity contribution >= 4 is 19.9 Å². The Balaban J connectivity index is 4.97. The molecule has 0 aromatic rings. The Morgan fingerprint density at radius 1 is 1.20 bits per heavy atom. The molecule has 0 aliphatic rings. The predicted octanol–water partition coefficient (Wildman–Crippen LogP) is -1.01. The molecule has 0 aliphatic heterocycles. The first-order valence-corrected chi connectivity index (χ1v) is 8.14. The Morgan fingerprint density at radius 3 is 1.93 bits per heavy atom. The predicted molar refractivity (Wildman–Crippen MR) is 59.5 cm³/mol. The number of rotatable bonds is 6. The van der Waals surface area contributed by atoms with E-state index in [9.17, 15) is 16.8 Å². The molecule has 15 heavy (non-hydrogen) atoms. The first-order valence-electron chi connectivity index (χ1n) is 4.47. The highest BCUT2D eigenvalue weighted by molar-refractivity contribution is 8.06. The fraction of sp³-hybridized carbons (Fsp3) is 1.00. The molecule has 0 unspecified atom stereocenters. The zero-order valence-electron chi connectivity index (χ0n) is 9.17. The first kappa shape index (κ1) is 14.8. The maximum atomic E-state index is 11.7. The molecule has 6 nitrogen and oxygen atoms in total. The van der Waals surface area contributed by atoms with E-state index in [2.05, 4.69) is 0 Å². The van der Waals surface area contributed by atoms with Crippen molar-refractivity contribution < 1.29 is 16.8 Å². The molecule has 0 bridgehead atoms. The van der Waals surface area contributed by atoms with Crippen molar-refractivity contribution in [3.63, 3.8) is 0 Å². The van der Waals surface area contributed by atoms with Crippen molar-refractivity contribution in [3.05, 3.63) is 0 Å². The normalized spacial score (nSPS) is 13.7. The summed E-state index contributed by atoms with van der Waals surface area (Å²) in [4.78, 5) is 0. The summed E-state index contributed by atoms with van der Waals surface area (Å²) in [6.07, 6.45) is 0.894. The molecule has 0 atom stereocenters. The van der Waals surface area contributed by atoms with E-state index in [4.69, 9.17) is 5.73 Å². The molecular weight excluding hydrogens is 240 g/mol. The van der Waals surface area contributed by atoms with E-state index in [1.165, 1.54) is 0 Å². The molecule has 0 aromatic carbocycles. The topological polar surface area (TPSA) is 97.5 Å². The Bertz CT molecular complexity index is 385. The zero-order valence-corrected chi connectivity index (χ0v) is 10.8. The van der Waals surface area contributed by atoms with Crippen molar-refractivity contribution in [2.75, 3.05) is 24.4 Å². The number of sulfonamides is 1. The van der Waals surface area contributed by atoms with Gasteiger partial charge in [0.1, 0.15) is 0 Å². The summed E-state index contributed by atoms with van der Waals surface area (Å²) < 4.78 is 46.3. The van der Waals surface area contributed by atoms with Crippen LogP contribution in [0.2, 0.25) is 0 Å². The molecule has 2 N–H and O–H groups in total. The Kier molecular flexibility index (Phi) is 5.18. The Morgan fingerprint density at radius 2 is 1.67 bits per heavy atom. The van der Waals surface area contributed by atoms with Crippen LogP contribution in [0.25, 0.3) is 0 Å². The minimum Gasteiger partial charge on any atom is -0.329 e. The lowest BCUT2D eigenvalue weighted by Gasteiger charge is -2.24. The molecule has 8 heteroatoms. The van der Waals surface area contributed by atoms with Gasteiger partial charge in [0.05, 0.1) is 0 Å². The molecule has 92 valence electrons. The first-order chi connectivity index (χ1) is 6.60. The summed E-state index contributed by atoms with van der Waals surface area (Å²) >= 11 is 0. The lowest BCUT2D eigenvalue weighted by Crippen LogP contribution is -2.42. The fourth-order valence-electron chi connectivity index (χ4n) is 1.18. The van der Waals surface area contributed by atoms with Gasteiger partial charge in [-0.25, -0.2) is 16.8 Å². The van der Waals surface area contributed by atoms with E-state index in [1.54, 1.807) is 13.8 Å². The SMILES string of the molecule is CC(C)N(CCN)S(=O)(=O)CS(C)(=O)=O. The van der Waals surface area contributed by atoms with E-state index in [1.807, 2.05) is 0 Å². The molecule has 0 heterocycles. The third-order valence-corrected chi connectivity index (χ3v) is 5.87. The second-order valence-electron chi connectivity index (χ2n) is 3.65. The van der Waals surface area contributed by atoms with E-state index < -0.39 is 24.9 Å². The van der Waals surface area contributed by atoms with Gasteiger partial charge in [0, 0.05) is 25.4 Å². The lowest BCUT2D eigenvalue weighted by molar-refractivity contribution is 0.363. The number of nitrogens with two attached hydrogens (primary N) is 1. The molecule has 0 radical (unpaired) electrons. The minimum absolute atomic E-state index is 0.134. The smallest absolute Gasteiger partial charge is 0.228 e. The molecule has 0 rings (SSSR count). The summed E-state index contributed by atoms with van der Waals surface area (Å²) in [5.74, 6) is 0. The fourth-order valence-corrected chi connectivity index (χ4v) is 4.92. The standard InChI is InChI=1S/C7H18N2O4S2/c1-7(2)9(5-4-8)15(12,13)6-14(3,10)11/h7H,4-6,8H2,1-3H3. The van der Waals surface area contributed by atoms with Gasteiger partial charge in [0.15, 0.2) is 14.9 Å². The van der Waals surface area contributed by atoms with Crippen molar-refractivity contribution in [3.8, 4) is 0 Å². The molecule has 0 saturated heterocycles. The number of sulfone groups is 1. The molecule has 0 fully saturated rings. The van der Waals surface area contributed by atoms with Crippen molar-refractivity contribution in [1.29, 1.82) is 0 Å². The van der Waals surface area contributed by atoms with Crippen LogP contribution in [0.1, 0.15) is 13.8 Å². The highest BCUT2D eigenvalue weighted by Gasteiger charge is 2.27. The van der Waals surface area contributed by atoms with Crippen molar-refractivity contribution in [2.24, 2.45) is 5.73 Å². The summed E-state index contributed by atoms with van der Waals surface area (Å²) in [7, 11) is -7.33. The van der Waals surface area contributed by atoms with E-state index in [-0.39, 0.29) is 19.1 Å². The maximum Gasteiger partial charge on any atom is 0.228 e.